The normalized spacial score (nSPS) is 13.6. The molecular weight excluding hydrogens is 693 g/mol. The van der Waals surface area contributed by atoms with E-state index in [2.05, 4.69) is 167 Å². The molecule has 0 amide bonds. The van der Waals surface area contributed by atoms with Gasteiger partial charge in [0.25, 0.3) is 0 Å². The van der Waals surface area contributed by atoms with Crippen molar-refractivity contribution in [2.24, 2.45) is 0 Å². The van der Waals surface area contributed by atoms with Crippen molar-refractivity contribution >= 4 is 76.3 Å². The summed E-state index contributed by atoms with van der Waals surface area (Å²) in [6.45, 7) is 0. The topological polar surface area (TPSA) is 57.4 Å². The van der Waals surface area contributed by atoms with Gasteiger partial charge in [-0.2, -0.15) is 10.5 Å². The van der Waals surface area contributed by atoms with Crippen molar-refractivity contribution in [3.05, 3.63) is 180 Å². The molecule has 0 bridgehead atoms. The lowest BCUT2D eigenvalue weighted by Crippen LogP contribution is -2.06. The van der Waals surface area contributed by atoms with Crippen LogP contribution in [0.1, 0.15) is 28.7 Å². The third kappa shape index (κ3) is 3.75. The Bertz CT molecular complexity index is 3730. The van der Waals surface area contributed by atoms with Gasteiger partial charge in [0, 0.05) is 32.3 Å². The van der Waals surface area contributed by atoms with Gasteiger partial charge in [0.15, 0.2) is 0 Å². The molecule has 2 aromatic heterocycles. The van der Waals surface area contributed by atoms with Gasteiger partial charge in [0.2, 0.25) is 0 Å². The van der Waals surface area contributed by atoms with Gasteiger partial charge in [-0.15, -0.1) is 0 Å². The van der Waals surface area contributed by atoms with Crippen LogP contribution in [0.4, 0.5) is 0 Å². The highest BCUT2D eigenvalue weighted by atomic mass is 15.0. The Morgan fingerprint density at radius 3 is 1.65 bits per heavy atom. The molecule has 0 unspecified atom stereocenters. The number of allylic oxidation sites excluding steroid dienone is 6. The predicted octanol–water partition coefficient (Wildman–Crippen LogP) is 13.3. The summed E-state index contributed by atoms with van der Waals surface area (Å²) in [5.74, 6) is 0. The molecule has 4 nitrogen and oxygen atoms in total. The van der Waals surface area contributed by atoms with Gasteiger partial charge in [-0.1, -0.05) is 121 Å². The Labute approximate surface area is 327 Å². The summed E-state index contributed by atoms with van der Waals surface area (Å²) in [7, 11) is 0. The smallest absolute Gasteiger partial charge is 0.104 e. The Morgan fingerprint density at radius 1 is 0.456 bits per heavy atom. The second kappa shape index (κ2) is 10.9. The highest BCUT2D eigenvalue weighted by molar-refractivity contribution is 6.31. The molecule has 4 heteroatoms. The summed E-state index contributed by atoms with van der Waals surface area (Å²) < 4.78 is 4.50. The zero-order valence-electron chi connectivity index (χ0n) is 30.5. The van der Waals surface area contributed by atoms with Crippen LogP contribution in [0, 0.1) is 22.7 Å². The lowest BCUT2D eigenvalue weighted by Gasteiger charge is -2.18. The summed E-state index contributed by atoms with van der Waals surface area (Å²) in [6, 6.07) is 52.4. The Hall–Kier alpha value is -7.92. The molecule has 0 saturated carbocycles. The van der Waals surface area contributed by atoms with Crippen molar-refractivity contribution in [3.8, 4) is 45.8 Å². The number of hydrogen-bond acceptors (Lipinski definition) is 2. The molecular formula is C53H28N4. The van der Waals surface area contributed by atoms with Crippen LogP contribution in [-0.2, 0) is 0 Å². The minimum absolute atomic E-state index is 0.490. The first-order chi connectivity index (χ1) is 28.2. The van der Waals surface area contributed by atoms with E-state index in [1.54, 1.807) is 0 Å². The van der Waals surface area contributed by atoms with Gasteiger partial charge in [-0.3, -0.25) is 0 Å². The summed E-state index contributed by atoms with van der Waals surface area (Å²) >= 11 is 0. The fourth-order valence-corrected chi connectivity index (χ4v) is 10.5. The molecule has 10 aromatic rings. The average Bonchev–Trinajstić information content (AvgIpc) is 3.91. The van der Waals surface area contributed by atoms with Crippen molar-refractivity contribution in [1.82, 2.24) is 9.13 Å². The highest BCUT2D eigenvalue weighted by Crippen LogP contribution is 2.53. The summed E-state index contributed by atoms with van der Waals surface area (Å²) in [6.07, 6.45) is 9.83. The molecule has 2 heterocycles. The molecule has 13 rings (SSSR count). The number of hydrogen-bond donors (Lipinski definition) is 0. The van der Waals surface area contributed by atoms with Gasteiger partial charge in [0.05, 0.1) is 45.1 Å². The molecule has 260 valence electrons. The second-order valence-corrected chi connectivity index (χ2v) is 15.3. The minimum Gasteiger partial charge on any atom is -0.307 e. The number of fused-ring (bicyclic) bond motifs is 14. The zero-order valence-corrected chi connectivity index (χ0v) is 30.5. The van der Waals surface area contributed by atoms with Crippen molar-refractivity contribution in [3.63, 3.8) is 0 Å². The standard InChI is InChI=1S/C53H28N4/c54-28-30-24-48(56-46-22-8-6-16-35(46)43-26-41-33-13-3-1-2-12-31(33)37-18-10-20-39(50(37)41)52(43)56)45(29-55)49(25-30)57-47-23-9-7-17-36(47)44-27-42-34-15-5-4-14-32(34)38-19-11-21-40(51(38)42)53(44)57/h1-2,4-27H,3H2. The van der Waals surface area contributed by atoms with E-state index in [-0.39, 0.29) is 0 Å². The third-order valence-electron chi connectivity index (χ3n) is 12.6. The lowest BCUT2D eigenvalue weighted by molar-refractivity contribution is 1.12. The number of nitrogens with zero attached hydrogens (tertiary/aromatic N) is 4. The number of rotatable bonds is 2. The quantitative estimate of drug-likeness (QED) is 0.178. The molecule has 3 aliphatic rings. The molecule has 3 aliphatic carbocycles. The van der Waals surface area contributed by atoms with E-state index < -0.39 is 0 Å². The maximum Gasteiger partial charge on any atom is 0.104 e. The van der Waals surface area contributed by atoms with E-state index in [0.29, 0.717) is 22.5 Å². The Morgan fingerprint density at radius 2 is 1.00 bits per heavy atom. The predicted molar refractivity (Wildman–Crippen MR) is 234 cm³/mol. The van der Waals surface area contributed by atoms with E-state index in [1.807, 2.05) is 12.1 Å². The average molecular weight is 721 g/mol. The van der Waals surface area contributed by atoms with Crippen molar-refractivity contribution < 1.29 is 0 Å². The van der Waals surface area contributed by atoms with Crippen molar-refractivity contribution in [2.45, 2.75) is 6.42 Å². The van der Waals surface area contributed by atoms with Gasteiger partial charge in [0.1, 0.15) is 11.6 Å². The summed E-state index contributed by atoms with van der Waals surface area (Å²) in [5, 5.41) is 31.4. The number of nitriles is 2. The van der Waals surface area contributed by atoms with E-state index in [1.165, 1.54) is 55.3 Å². The first-order valence-electron chi connectivity index (χ1n) is 19.4. The molecule has 0 aliphatic heterocycles. The van der Waals surface area contributed by atoms with Crippen LogP contribution >= 0.6 is 0 Å². The largest absolute Gasteiger partial charge is 0.307 e. The maximum atomic E-state index is 11.5. The second-order valence-electron chi connectivity index (χ2n) is 15.3. The third-order valence-corrected chi connectivity index (χ3v) is 12.6. The van der Waals surface area contributed by atoms with Crippen LogP contribution in [0.25, 0.3) is 110 Å². The van der Waals surface area contributed by atoms with Crippen LogP contribution in [-0.4, -0.2) is 9.13 Å². The summed E-state index contributed by atoms with van der Waals surface area (Å²) in [5.41, 5.74) is 16.3. The van der Waals surface area contributed by atoms with Crippen LogP contribution in [0.2, 0.25) is 0 Å². The lowest BCUT2D eigenvalue weighted by atomic mass is 9.99. The van der Waals surface area contributed by atoms with Crippen LogP contribution < -0.4 is 0 Å². The van der Waals surface area contributed by atoms with Crippen LogP contribution in [0.15, 0.2) is 158 Å². The monoisotopic (exact) mass is 720 g/mol. The highest BCUT2D eigenvalue weighted by Gasteiger charge is 2.30. The molecule has 0 atom stereocenters. The van der Waals surface area contributed by atoms with Crippen molar-refractivity contribution in [2.75, 3.05) is 0 Å². The van der Waals surface area contributed by atoms with E-state index >= 15 is 0 Å². The van der Waals surface area contributed by atoms with E-state index in [0.717, 1.165) is 60.8 Å². The first-order valence-corrected chi connectivity index (χ1v) is 19.4. The van der Waals surface area contributed by atoms with Gasteiger partial charge < -0.3 is 9.13 Å². The van der Waals surface area contributed by atoms with E-state index in [9.17, 15) is 10.5 Å². The fraction of sp³-hybridized carbons (Fsp3) is 0.0189. The molecule has 0 N–H and O–H groups in total. The van der Waals surface area contributed by atoms with E-state index in [4.69, 9.17) is 0 Å². The Balaban J connectivity index is 1.19. The fourth-order valence-electron chi connectivity index (χ4n) is 10.5. The number of benzene rings is 8. The number of para-hydroxylation sites is 2. The molecule has 0 fully saturated rings. The van der Waals surface area contributed by atoms with Gasteiger partial charge >= 0.3 is 0 Å². The molecule has 0 spiro atoms. The number of aromatic nitrogens is 2. The zero-order chi connectivity index (χ0) is 37.5. The molecule has 0 saturated heterocycles. The minimum atomic E-state index is 0.490. The SMILES string of the molecule is N#Cc1cc(-n2c3ccccc3c3cc4c5c(cccc5c32)C2=CC=CCC=C24)c(C#N)c(-n2c3ccccc3c3cc4c5c(cccc5c32)-c2ccccc2-4)c1. The molecule has 8 aromatic carbocycles. The molecule has 0 radical (unpaired) electrons. The first kappa shape index (κ1) is 30.4. The van der Waals surface area contributed by atoms with Gasteiger partial charge in [-0.05, 0) is 98.1 Å². The van der Waals surface area contributed by atoms with Crippen LogP contribution in [0.3, 0.4) is 0 Å². The van der Waals surface area contributed by atoms with Crippen LogP contribution in [0.5, 0.6) is 0 Å². The summed E-state index contributed by atoms with van der Waals surface area (Å²) in [4.78, 5) is 0. The molecule has 57 heavy (non-hydrogen) atoms. The van der Waals surface area contributed by atoms with Crippen molar-refractivity contribution in [1.29, 1.82) is 10.5 Å². The Kier molecular flexibility index (Phi) is 5.79. The van der Waals surface area contributed by atoms with Gasteiger partial charge in [-0.25, -0.2) is 0 Å². The maximum absolute atomic E-state index is 11.5.